The first-order valence-corrected chi connectivity index (χ1v) is 9.81. The summed E-state index contributed by atoms with van der Waals surface area (Å²) in [4.78, 5) is 23.7. The van der Waals surface area contributed by atoms with Gasteiger partial charge in [-0.25, -0.2) is 14.4 Å². The number of amides is 1. The van der Waals surface area contributed by atoms with Gasteiger partial charge >= 0.3 is 0 Å². The lowest BCUT2D eigenvalue weighted by atomic mass is 9.93. The molecule has 2 aromatic carbocycles. The molecule has 0 aliphatic carbocycles. The Morgan fingerprint density at radius 3 is 2.76 bits per heavy atom. The predicted molar refractivity (Wildman–Crippen MR) is 111 cm³/mol. The van der Waals surface area contributed by atoms with Gasteiger partial charge in [-0.2, -0.15) is 0 Å². The van der Waals surface area contributed by atoms with Crippen molar-refractivity contribution in [2.24, 2.45) is 0 Å². The van der Waals surface area contributed by atoms with Crippen LogP contribution in [-0.2, 0) is 0 Å². The molecule has 1 aromatic heterocycles. The van der Waals surface area contributed by atoms with Crippen molar-refractivity contribution in [1.82, 2.24) is 14.9 Å². The molecule has 1 amide bonds. The number of benzene rings is 2. The van der Waals surface area contributed by atoms with Crippen LogP contribution in [0.1, 0.15) is 40.4 Å². The van der Waals surface area contributed by atoms with Gasteiger partial charge in [0.1, 0.15) is 5.82 Å². The van der Waals surface area contributed by atoms with Crippen LogP contribution in [0.25, 0.3) is 0 Å². The van der Waals surface area contributed by atoms with E-state index in [0.717, 1.165) is 36.2 Å². The summed E-state index contributed by atoms with van der Waals surface area (Å²) in [7, 11) is 0. The number of aromatic nitrogens is 2. The van der Waals surface area contributed by atoms with Gasteiger partial charge in [-0.05, 0) is 49.6 Å². The van der Waals surface area contributed by atoms with Crippen LogP contribution in [0.3, 0.4) is 0 Å². The van der Waals surface area contributed by atoms with Crippen LogP contribution < -0.4 is 5.32 Å². The van der Waals surface area contributed by atoms with Gasteiger partial charge in [-0.1, -0.05) is 30.3 Å². The highest BCUT2D eigenvalue weighted by atomic mass is 19.1. The summed E-state index contributed by atoms with van der Waals surface area (Å²) in [6.45, 7) is 3.32. The van der Waals surface area contributed by atoms with Crippen molar-refractivity contribution in [2.75, 3.05) is 18.4 Å². The number of likely N-dealkylation sites (tertiary alicyclic amines) is 1. The molecule has 5 nitrogen and oxygen atoms in total. The third-order valence-corrected chi connectivity index (χ3v) is 5.30. The molecule has 0 saturated carbocycles. The first-order chi connectivity index (χ1) is 14.1. The van der Waals surface area contributed by atoms with Gasteiger partial charge in [-0.3, -0.25) is 4.79 Å². The highest BCUT2D eigenvalue weighted by Crippen LogP contribution is 2.28. The number of anilines is 2. The lowest BCUT2D eigenvalue weighted by Crippen LogP contribution is -2.39. The average Bonchev–Trinajstić information content (AvgIpc) is 2.76. The minimum absolute atomic E-state index is 0.0616. The van der Waals surface area contributed by atoms with Crippen LogP contribution in [0.5, 0.6) is 0 Å². The second kappa shape index (κ2) is 8.39. The predicted octanol–water partition coefficient (Wildman–Crippen LogP) is 4.69. The number of nitrogens with zero attached hydrogens (tertiary/aromatic N) is 3. The smallest absolute Gasteiger partial charge is 0.254 e. The van der Waals surface area contributed by atoms with Crippen LogP contribution in [0.15, 0.2) is 60.8 Å². The van der Waals surface area contributed by atoms with Crippen molar-refractivity contribution in [3.63, 3.8) is 0 Å². The molecule has 3 aromatic rings. The van der Waals surface area contributed by atoms with E-state index >= 15 is 0 Å². The summed E-state index contributed by atoms with van der Waals surface area (Å²) in [5.74, 6) is 0.191. The Balaban J connectivity index is 1.51. The summed E-state index contributed by atoms with van der Waals surface area (Å²) >= 11 is 0. The molecule has 0 radical (unpaired) electrons. The van der Waals surface area contributed by atoms with Crippen LogP contribution >= 0.6 is 0 Å². The normalized spacial score (nSPS) is 16.5. The highest BCUT2D eigenvalue weighted by Gasteiger charge is 2.27. The minimum Gasteiger partial charge on any atom is -0.338 e. The first kappa shape index (κ1) is 19.1. The molecule has 29 heavy (non-hydrogen) atoms. The zero-order chi connectivity index (χ0) is 20.2. The highest BCUT2D eigenvalue weighted by molar-refractivity contribution is 5.95. The molecule has 0 bridgehead atoms. The van der Waals surface area contributed by atoms with E-state index in [1.54, 1.807) is 24.4 Å². The number of para-hydroxylation sites is 1. The molecule has 2 heterocycles. The third-order valence-electron chi connectivity index (χ3n) is 5.30. The van der Waals surface area contributed by atoms with E-state index in [1.165, 1.54) is 6.07 Å². The van der Waals surface area contributed by atoms with Crippen molar-refractivity contribution < 1.29 is 9.18 Å². The number of piperidine rings is 1. The second-order valence-corrected chi connectivity index (χ2v) is 7.32. The molecule has 1 fully saturated rings. The summed E-state index contributed by atoms with van der Waals surface area (Å²) in [6.07, 6.45) is 3.55. The topological polar surface area (TPSA) is 58.1 Å². The molecular weight excluding hydrogens is 367 g/mol. The van der Waals surface area contributed by atoms with Gasteiger partial charge in [0.15, 0.2) is 0 Å². The zero-order valence-corrected chi connectivity index (χ0v) is 16.3. The first-order valence-electron chi connectivity index (χ1n) is 9.81. The number of aryl methyl sites for hydroxylation is 1. The number of rotatable bonds is 4. The summed E-state index contributed by atoms with van der Waals surface area (Å²) < 4.78 is 13.9. The number of carbonyl (C=O) groups is 1. The van der Waals surface area contributed by atoms with Crippen molar-refractivity contribution in [3.8, 4) is 0 Å². The number of hydrogen-bond acceptors (Lipinski definition) is 4. The maximum Gasteiger partial charge on any atom is 0.254 e. The van der Waals surface area contributed by atoms with Crippen molar-refractivity contribution in [1.29, 1.82) is 0 Å². The van der Waals surface area contributed by atoms with Crippen LogP contribution in [0, 0.1) is 12.7 Å². The van der Waals surface area contributed by atoms with E-state index in [4.69, 9.17) is 0 Å². The van der Waals surface area contributed by atoms with Crippen molar-refractivity contribution >= 4 is 17.5 Å². The standard InChI is InChI=1S/C23H23FN4O/c1-16-7-2-3-9-18(16)22(29)28-14-6-8-17(15-28)20-12-13-25-23(26-20)27-21-11-5-4-10-19(21)24/h2-5,7,9-13,17H,6,8,14-15H2,1H3,(H,25,26,27)/t17-/m1/s1. The molecule has 6 heteroatoms. The van der Waals surface area contributed by atoms with Gasteiger partial charge < -0.3 is 10.2 Å². The molecule has 1 saturated heterocycles. The Labute approximate surface area is 169 Å². The number of carbonyl (C=O) groups excluding carboxylic acids is 1. The number of hydrogen-bond donors (Lipinski definition) is 1. The Morgan fingerprint density at radius 2 is 1.93 bits per heavy atom. The number of halogens is 1. The Bertz CT molecular complexity index is 1020. The van der Waals surface area contributed by atoms with E-state index < -0.39 is 0 Å². The Hall–Kier alpha value is -3.28. The Kier molecular flexibility index (Phi) is 5.51. The van der Waals surface area contributed by atoms with Gasteiger partial charge in [0.05, 0.1) is 11.4 Å². The van der Waals surface area contributed by atoms with Gasteiger partial charge in [0, 0.05) is 30.8 Å². The summed E-state index contributed by atoms with van der Waals surface area (Å²) in [6, 6.07) is 16.0. The SMILES string of the molecule is Cc1ccccc1C(=O)N1CCC[C@@H](c2ccnc(Nc3ccccc3F)n2)C1. The molecule has 1 aliphatic rings. The average molecular weight is 390 g/mol. The molecule has 1 N–H and O–H groups in total. The van der Waals surface area contributed by atoms with Crippen LogP contribution in [0.2, 0.25) is 0 Å². The third kappa shape index (κ3) is 4.26. The van der Waals surface area contributed by atoms with Crippen LogP contribution in [0.4, 0.5) is 16.0 Å². The van der Waals surface area contributed by atoms with Crippen molar-refractivity contribution in [2.45, 2.75) is 25.7 Å². The molecular formula is C23H23FN4O. The van der Waals surface area contributed by atoms with E-state index in [0.29, 0.717) is 18.2 Å². The van der Waals surface area contributed by atoms with Crippen LogP contribution in [-0.4, -0.2) is 33.9 Å². The van der Waals surface area contributed by atoms with Gasteiger partial charge in [0.2, 0.25) is 5.95 Å². The molecule has 148 valence electrons. The molecule has 0 unspecified atom stereocenters. The van der Waals surface area contributed by atoms with Crippen molar-refractivity contribution in [3.05, 3.63) is 83.4 Å². The lowest BCUT2D eigenvalue weighted by Gasteiger charge is -2.33. The quantitative estimate of drug-likeness (QED) is 0.702. The fourth-order valence-corrected chi connectivity index (χ4v) is 3.73. The molecule has 4 rings (SSSR count). The monoisotopic (exact) mass is 390 g/mol. The Morgan fingerprint density at radius 1 is 1.14 bits per heavy atom. The largest absolute Gasteiger partial charge is 0.338 e. The minimum atomic E-state index is -0.353. The maximum absolute atomic E-state index is 13.9. The fourth-order valence-electron chi connectivity index (χ4n) is 3.73. The van der Waals surface area contributed by atoms with Gasteiger partial charge in [0.25, 0.3) is 5.91 Å². The fraction of sp³-hybridized carbons (Fsp3) is 0.261. The molecule has 0 spiro atoms. The molecule has 1 atom stereocenters. The maximum atomic E-state index is 13.9. The molecule has 1 aliphatic heterocycles. The lowest BCUT2D eigenvalue weighted by molar-refractivity contribution is 0.0705. The summed E-state index contributed by atoms with van der Waals surface area (Å²) in [5, 5.41) is 2.94. The van der Waals surface area contributed by atoms with E-state index in [1.807, 2.05) is 42.2 Å². The van der Waals surface area contributed by atoms with E-state index in [-0.39, 0.29) is 17.6 Å². The van der Waals surface area contributed by atoms with E-state index in [9.17, 15) is 9.18 Å². The van der Waals surface area contributed by atoms with E-state index in [2.05, 4.69) is 15.3 Å². The zero-order valence-electron chi connectivity index (χ0n) is 16.3. The number of nitrogens with one attached hydrogen (secondary N) is 1. The van der Waals surface area contributed by atoms with Gasteiger partial charge in [-0.15, -0.1) is 0 Å². The second-order valence-electron chi connectivity index (χ2n) is 7.32. The summed E-state index contributed by atoms with van der Waals surface area (Å²) in [5.41, 5.74) is 2.93.